The van der Waals surface area contributed by atoms with Crippen LogP contribution in [-0.4, -0.2) is 37.0 Å². The maximum Gasteiger partial charge on any atom is 0.407 e. The standard InChI is InChI=1S/C12H24N2O3/c1-8-9(5-6-16-8)10(7-13)14-11(15)17-12(2,3)4/h8-10H,5-7,13H2,1-4H3,(H,14,15). The third-order valence-electron chi connectivity index (χ3n) is 2.91. The Morgan fingerprint density at radius 2 is 2.24 bits per heavy atom. The zero-order valence-electron chi connectivity index (χ0n) is 11.2. The first kappa shape index (κ1) is 14.3. The molecule has 0 aromatic heterocycles. The van der Waals surface area contributed by atoms with Gasteiger partial charge in [-0.2, -0.15) is 0 Å². The summed E-state index contributed by atoms with van der Waals surface area (Å²) < 4.78 is 10.7. The van der Waals surface area contributed by atoms with Crippen molar-refractivity contribution in [2.75, 3.05) is 13.2 Å². The molecule has 100 valence electrons. The second kappa shape index (κ2) is 5.69. The lowest BCUT2D eigenvalue weighted by Crippen LogP contribution is -2.48. The highest BCUT2D eigenvalue weighted by molar-refractivity contribution is 5.68. The second-order valence-corrected chi connectivity index (χ2v) is 5.52. The van der Waals surface area contributed by atoms with Gasteiger partial charge in [-0.25, -0.2) is 4.79 Å². The van der Waals surface area contributed by atoms with Crippen LogP contribution in [0.5, 0.6) is 0 Å². The first-order valence-electron chi connectivity index (χ1n) is 6.14. The van der Waals surface area contributed by atoms with Crippen LogP contribution in [0.1, 0.15) is 34.1 Å². The summed E-state index contributed by atoms with van der Waals surface area (Å²) in [6, 6.07) is -0.0812. The van der Waals surface area contributed by atoms with E-state index in [0.29, 0.717) is 6.54 Å². The first-order valence-corrected chi connectivity index (χ1v) is 6.14. The highest BCUT2D eigenvalue weighted by Crippen LogP contribution is 2.23. The number of rotatable bonds is 3. The fraction of sp³-hybridized carbons (Fsp3) is 0.917. The van der Waals surface area contributed by atoms with Crippen molar-refractivity contribution >= 4 is 6.09 Å². The number of nitrogens with two attached hydrogens (primary N) is 1. The third kappa shape index (κ3) is 4.52. The Labute approximate surface area is 103 Å². The number of carbonyl (C=O) groups is 1. The van der Waals surface area contributed by atoms with Gasteiger partial charge < -0.3 is 20.5 Å². The SMILES string of the molecule is CC1OCCC1C(CN)NC(=O)OC(C)(C)C. The van der Waals surface area contributed by atoms with Gasteiger partial charge in [0.25, 0.3) is 0 Å². The van der Waals surface area contributed by atoms with Crippen molar-refractivity contribution in [1.29, 1.82) is 0 Å². The van der Waals surface area contributed by atoms with Gasteiger partial charge >= 0.3 is 6.09 Å². The fourth-order valence-electron chi connectivity index (χ4n) is 2.08. The molecule has 5 heteroatoms. The normalized spacial score (nSPS) is 26.6. The predicted octanol–water partition coefficient (Wildman–Crippen LogP) is 1.26. The summed E-state index contributed by atoms with van der Waals surface area (Å²) in [7, 11) is 0. The molecule has 1 aliphatic rings. The molecule has 1 fully saturated rings. The fourth-order valence-corrected chi connectivity index (χ4v) is 2.08. The molecule has 17 heavy (non-hydrogen) atoms. The number of hydrogen-bond donors (Lipinski definition) is 2. The van der Waals surface area contributed by atoms with Crippen molar-refractivity contribution in [3.05, 3.63) is 0 Å². The van der Waals surface area contributed by atoms with Crippen molar-refractivity contribution in [2.24, 2.45) is 11.7 Å². The number of amides is 1. The molecule has 0 aliphatic carbocycles. The molecule has 3 N–H and O–H groups in total. The lowest BCUT2D eigenvalue weighted by Gasteiger charge is -2.27. The molecule has 1 heterocycles. The van der Waals surface area contributed by atoms with Gasteiger partial charge in [0.15, 0.2) is 0 Å². The van der Waals surface area contributed by atoms with E-state index in [1.54, 1.807) is 0 Å². The molecular weight excluding hydrogens is 220 g/mol. The second-order valence-electron chi connectivity index (χ2n) is 5.52. The number of ether oxygens (including phenoxy) is 2. The Bertz CT molecular complexity index is 263. The molecular formula is C12H24N2O3. The van der Waals surface area contributed by atoms with E-state index in [9.17, 15) is 4.79 Å². The highest BCUT2D eigenvalue weighted by Gasteiger charge is 2.32. The number of alkyl carbamates (subject to hydrolysis) is 1. The third-order valence-corrected chi connectivity index (χ3v) is 2.91. The van der Waals surface area contributed by atoms with Crippen molar-refractivity contribution < 1.29 is 14.3 Å². The maximum absolute atomic E-state index is 11.7. The van der Waals surface area contributed by atoms with Crippen molar-refractivity contribution in [1.82, 2.24) is 5.32 Å². The van der Waals surface area contributed by atoms with Gasteiger partial charge in [0.05, 0.1) is 6.10 Å². The van der Waals surface area contributed by atoms with Crippen LogP contribution in [0.2, 0.25) is 0 Å². The van der Waals surface area contributed by atoms with Gasteiger partial charge in [0.2, 0.25) is 0 Å². The largest absolute Gasteiger partial charge is 0.444 e. The van der Waals surface area contributed by atoms with Gasteiger partial charge in [0, 0.05) is 25.1 Å². The van der Waals surface area contributed by atoms with E-state index in [2.05, 4.69) is 5.32 Å². The molecule has 1 amide bonds. The minimum atomic E-state index is -0.485. The summed E-state index contributed by atoms with van der Waals surface area (Å²) in [6.07, 6.45) is 0.657. The quantitative estimate of drug-likeness (QED) is 0.784. The lowest BCUT2D eigenvalue weighted by atomic mass is 9.93. The van der Waals surface area contributed by atoms with Crippen LogP contribution in [0.15, 0.2) is 0 Å². The van der Waals surface area contributed by atoms with E-state index in [1.165, 1.54) is 0 Å². The molecule has 0 saturated carbocycles. The molecule has 5 nitrogen and oxygen atoms in total. The van der Waals surface area contributed by atoms with E-state index >= 15 is 0 Å². The van der Waals surface area contributed by atoms with Gasteiger partial charge in [-0.15, -0.1) is 0 Å². The van der Waals surface area contributed by atoms with Crippen LogP contribution in [0.3, 0.4) is 0 Å². The number of nitrogens with one attached hydrogen (secondary N) is 1. The smallest absolute Gasteiger partial charge is 0.407 e. The minimum Gasteiger partial charge on any atom is -0.444 e. The minimum absolute atomic E-state index is 0.0812. The zero-order valence-corrected chi connectivity index (χ0v) is 11.2. The summed E-state index contributed by atoms with van der Waals surface area (Å²) >= 11 is 0. The van der Waals surface area contributed by atoms with Crippen LogP contribution in [0, 0.1) is 5.92 Å². The average Bonchev–Trinajstić information content (AvgIpc) is 2.58. The zero-order chi connectivity index (χ0) is 13.1. The summed E-state index contributed by atoms with van der Waals surface area (Å²) in [5.74, 6) is 0.271. The molecule has 0 aromatic rings. The Morgan fingerprint density at radius 1 is 1.59 bits per heavy atom. The van der Waals surface area contributed by atoms with Crippen LogP contribution in [0.25, 0.3) is 0 Å². The number of carbonyl (C=O) groups excluding carboxylic acids is 1. The molecule has 0 radical (unpaired) electrons. The van der Waals surface area contributed by atoms with Crippen LogP contribution < -0.4 is 11.1 Å². The summed E-state index contributed by atoms with van der Waals surface area (Å²) in [5, 5.41) is 2.83. The molecule has 0 bridgehead atoms. The summed E-state index contributed by atoms with van der Waals surface area (Å²) in [6.45, 7) is 8.66. The Balaban J connectivity index is 2.49. The van der Waals surface area contributed by atoms with Crippen molar-refractivity contribution in [2.45, 2.75) is 51.9 Å². The average molecular weight is 244 g/mol. The molecule has 3 atom stereocenters. The molecule has 1 aliphatic heterocycles. The van der Waals surface area contributed by atoms with Crippen LogP contribution >= 0.6 is 0 Å². The topological polar surface area (TPSA) is 73.6 Å². The lowest BCUT2D eigenvalue weighted by molar-refractivity contribution is 0.0458. The van der Waals surface area contributed by atoms with Gasteiger partial charge in [-0.1, -0.05) is 0 Å². The Hall–Kier alpha value is -0.810. The van der Waals surface area contributed by atoms with E-state index in [4.69, 9.17) is 15.2 Å². The molecule has 1 saturated heterocycles. The molecule has 3 unspecified atom stereocenters. The van der Waals surface area contributed by atoms with Crippen LogP contribution in [-0.2, 0) is 9.47 Å². The van der Waals surface area contributed by atoms with Gasteiger partial charge in [-0.3, -0.25) is 0 Å². The van der Waals surface area contributed by atoms with E-state index in [0.717, 1.165) is 13.0 Å². The highest BCUT2D eigenvalue weighted by atomic mass is 16.6. The Morgan fingerprint density at radius 3 is 2.65 bits per heavy atom. The van der Waals surface area contributed by atoms with Crippen molar-refractivity contribution in [3.8, 4) is 0 Å². The monoisotopic (exact) mass is 244 g/mol. The molecule has 0 aromatic carbocycles. The Kier molecular flexibility index (Phi) is 4.77. The summed E-state index contributed by atoms with van der Waals surface area (Å²) in [4.78, 5) is 11.7. The predicted molar refractivity (Wildman–Crippen MR) is 65.7 cm³/mol. The first-order chi connectivity index (χ1) is 7.83. The van der Waals surface area contributed by atoms with Gasteiger partial charge in [0.1, 0.15) is 5.60 Å². The maximum atomic E-state index is 11.7. The van der Waals surface area contributed by atoms with E-state index in [-0.39, 0.29) is 18.1 Å². The number of hydrogen-bond acceptors (Lipinski definition) is 4. The van der Waals surface area contributed by atoms with E-state index < -0.39 is 11.7 Å². The summed E-state index contributed by atoms with van der Waals surface area (Å²) in [5.41, 5.74) is 5.22. The van der Waals surface area contributed by atoms with E-state index in [1.807, 2.05) is 27.7 Å². The van der Waals surface area contributed by atoms with Gasteiger partial charge in [-0.05, 0) is 34.1 Å². The van der Waals surface area contributed by atoms with Crippen molar-refractivity contribution in [3.63, 3.8) is 0 Å². The molecule has 1 rings (SSSR count). The van der Waals surface area contributed by atoms with Crippen LogP contribution in [0.4, 0.5) is 4.79 Å². The molecule has 0 spiro atoms.